The van der Waals surface area contributed by atoms with E-state index in [0.29, 0.717) is 10.4 Å². The van der Waals surface area contributed by atoms with Crippen LogP contribution in [0.3, 0.4) is 0 Å². The van der Waals surface area contributed by atoms with Crippen LogP contribution in [0, 0.1) is 23.6 Å². The lowest BCUT2D eigenvalue weighted by Crippen LogP contribution is -2.21. The van der Waals surface area contributed by atoms with E-state index in [0.717, 1.165) is 17.4 Å². The SMILES string of the molecule is CNC(c1cccc(Br)c1F)C1C2CCCCC21. The lowest BCUT2D eigenvalue weighted by atomic mass is 9.99. The number of fused-ring (bicyclic) bond motifs is 1. The highest BCUT2D eigenvalue weighted by molar-refractivity contribution is 9.10. The fraction of sp³-hybridized carbons (Fsp3) is 0.600. The van der Waals surface area contributed by atoms with Crippen molar-refractivity contribution in [2.24, 2.45) is 17.8 Å². The molecule has 3 atom stereocenters. The van der Waals surface area contributed by atoms with Crippen molar-refractivity contribution < 1.29 is 4.39 Å². The van der Waals surface area contributed by atoms with Gasteiger partial charge in [-0.3, -0.25) is 0 Å². The zero-order valence-corrected chi connectivity index (χ0v) is 12.2. The Morgan fingerprint density at radius 1 is 1.28 bits per heavy atom. The molecular formula is C15H19BrFN. The zero-order valence-electron chi connectivity index (χ0n) is 10.6. The number of rotatable bonds is 3. The molecule has 2 fully saturated rings. The fourth-order valence-electron chi connectivity index (χ4n) is 3.86. The summed E-state index contributed by atoms with van der Waals surface area (Å²) in [5, 5.41) is 3.34. The number of hydrogen-bond donors (Lipinski definition) is 1. The van der Waals surface area contributed by atoms with Crippen LogP contribution >= 0.6 is 15.9 Å². The van der Waals surface area contributed by atoms with Crippen LogP contribution in [-0.4, -0.2) is 7.05 Å². The lowest BCUT2D eigenvalue weighted by molar-refractivity contribution is 0.456. The summed E-state index contributed by atoms with van der Waals surface area (Å²) < 4.78 is 14.8. The highest BCUT2D eigenvalue weighted by Gasteiger charge is 2.54. The Kier molecular flexibility index (Phi) is 3.46. The monoisotopic (exact) mass is 311 g/mol. The summed E-state index contributed by atoms with van der Waals surface area (Å²) in [6.45, 7) is 0. The topological polar surface area (TPSA) is 12.0 Å². The average Bonchev–Trinajstić information content (AvgIpc) is 3.10. The van der Waals surface area contributed by atoms with Crippen LogP contribution in [0.5, 0.6) is 0 Å². The van der Waals surface area contributed by atoms with E-state index in [1.54, 1.807) is 6.07 Å². The third-order valence-electron chi connectivity index (χ3n) is 4.74. The maximum Gasteiger partial charge on any atom is 0.142 e. The molecule has 98 valence electrons. The molecule has 0 amide bonds. The Morgan fingerprint density at radius 3 is 2.56 bits per heavy atom. The predicted molar refractivity (Wildman–Crippen MR) is 74.8 cm³/mol. The smallest absolute Gasteiger partial charge is 0.142 e. The van der Waals surface area contributed by atoms with Gasteiger partial charge in [0.25, 0.3) is 0 Å². The second-order valence-corrected chi connectivity index (χ2v) is 6.45. The standard InChI is InChI=1S/C15H19BrFN/c1-18-15(11-7-4-8-12(16)14(11)17)13-9-5-2-3-6-10(9)13/h4,7-10,13,15,18H,2-3,5-6H2,1H3. The first-order valence-corrected chi connectivity index (χ1v) is 7.64. The highest BCUT2D eigenvalue weighted by atomic mass is 79.9. The molecule has 0 bridgehead atoms. The Balaban J connectivity index is 1.87. The van der Waals surface area contributed by atoms with Crippen molar-refractivity contribution in [3.8, 4) is 0 Å². The summed E-state index contributed by atoms with van der Waals surface area (Å²) in [6.07, 6.45) is 5.39. The highest BCUT2D eigenvalue weighted by Crippen LogP contribution is 2.60. The Morgan fingerprint density at radius 2 is 1.94 bits per heavy atom. The van der Waals surface area contributed by atoms with Gasteiger partial charge in [-0.05, 0) is 59.6 Å². The van der Waals surface area contributed by atoms with Gasteiger partial charge in [-0.2, -0.15) is 0 Å². The molecule has 3 heteroatoms. The molecule has 1 aromatic rings. The van der Waals surface area contributed by atoms with Gasteiger partial charge in [0, 0.05) is 11.6 Å². The Hall–Kier alpha value is -0.410. The molecule has 3 unspecified atom stereocenters. The molecule has 0 aliphatic heterocycles. The lowest BCUT2D eigenvalue weighted by Gasteiger charge is -2.18. The summed E-state index contributed by atoms with van der Waals surface area (Å²) >= 11 is 3.29. The molecule has 1 nitrogen and oxygen atoms in total. The molecule has 0 saturated heterocycles. The molecule has 3 rings (SSSR count). The summed E-state index contributed by atoms with van der Waals surface area (Å²) in [5.41, 5.74) is 0.825. The zero-order chi connectivity index (χ0) is 12.7. The van der Waals surface area contributed by atoms with E-state index in [2.05, 4.69) is 21.2 Å². The summed E-state index contributed by atoms with van der Waals surface area (Å²) in [5.74, 6) is 2.20. The van der Waals surface area contributed by atoms with Crippen LogP contribution in [-0.2, 0) is 0 Å². The first-order valence-electron chi connectivity index (χ1n) is 6.85. The van der Waals surface area contributed by atoms with Gasteiger partial charge in [0.05, 0.1) is 4.47 Å². The normalized spacial score (nSPS) is 31.8. The third kappa shape index (κ3) is 2.01. The van der Waals surface area contributed by atoms with Gasteiger partial charge in [0.2, 0.25) is 0 Å². The molecule has 0 aromatic heterocycles. The number of halogens is 2. The van der Waals surface area contributed by atoms with E-state index in [9.17, 15) is 4.39 Å². The van der Waals surface area contributed by atoms with Crippen molar-refractivity contribution in [1.82, 2.24) is 5.32 Å². The van der Waals surface area contributed by atoms with Crippen LogP contribution in [0.15, 0.2) is 22.7 Å². The fourth-order valence-corrected chi connectivity index (χ4v) is 4.24. The van der Waals surface area contributed by atoms with Gasteiger partial charge in [-0.25, -0.2) is 4.39 Å². The van der Waals surface area contributed by atoms with Gasteiger partial charge < -0.3 is 5.32 Å². The van der Waals surface area contributed by atoms with Crippen LogP contribution in [0.2, 0.25) is 0 Å². The molecule has 2 aliphatic carbocycles. The number of nitrogens with one attached hydrogen (secondary N) is 1. The van der Waals surface area contributed by atoms with Crippen molar-refractivity contribution in [3.63, 3.8) is 0 Å². The van der Waals surface area contributed by atoms with E-state index in [4.69, 9.17) is 0 Å². The van der Waals surface area contributed by atoms with Gasteiger partial charge in [0.15, 0.2) is 0 Å². The van der Waals surface area contributed by atoms with E-state index >= 15 is 0 Å². The second kappa shape index (κ2) is 4.93. The van der Waals surface area contributed by atoms with Crippen molar-refractivity contribution in [2.45, 2.75) is 31.7 Å². The van der Waals surface area contributed by atoms with Gasteiger partial charge in [-0.1, -0.05) is 25.0 Å². The molecule has 2 aliphatic rings. The maximum absolute atomic E-state index is 14.2. The first-order chi connectivity index (χ1) is 8.74. The van der Waals surface area contributed by atoms with Crippen LogP contribution in [0.25, 0.3) is 0 Å². The van der Waals surface area contributed by atoms with Crippen molar-refractivity contribution in [3.05, 3.63) is 34.1 Å². The van der Waals surface area contributed by atoms with Crippen molar-refractivity contribution in [2.75, 3.05) is 7.05 Å². The van der Waals surface area contributed by atoms with E-state index in [1.165, 1.54) is 25.7 Å². The quantitative estimate of drug-likeness (QED) is 0.878. The van der Waals surface area contributed by atoms with Gasteiger partial charge >= 0.3 is 0 Å². The van der Waals surface area contributed by atoms with E-state index < -0.39 is 0 Å². The minimum absolute atomic E-state index is 0.0968. The van der Waals surface area contributed by atoms with Gasteiger partial charge in [0.1, 0.15) is 5.82 Å². The van der Waals surface area contributed by atoms with Crippen LogP contribution in [0.1, 0.15) is 37.3 Å². The van der Waals surface area contributed by atoms with Crippen molar-refractivity contribution in [1.29, 1.82) is 0 Å². The molecule has 18 heavy (non-hydrogen) atoms. The average molecular weight is 312 g/mol. The molecular weight excluding hydrogens is 293 g/mol. The summed E-state index contributed by atoms with van der Waals surface area (Å²) in [7, 11) is 1.95. The van der Waals surface area contributed by atoms with Gasteiger partial charge in [-0.15, -0.1) is 0 Å². The summed E-state index contributed by atoms with van der Waals surface area (Å²) in [6, 6.07) is 5.80. The minimum atomic E-state index is -0.0968. The maximum atomic E-state index is 14.2. The predicted octanol–water partition coefficient (Wildman–Crippen LogP) is 4.28. The Bertz CT molecular complexity index is 436. The van der Waals surface area contributed by atoms with Crippen molar-refractivity contribution >= 4 is 15.9 Å². The number of benzene rings is 1. The molecule has 0 spiro atoms. The molecule has 1 aromatic carbocycles. The first kappa shape index (κ1) is 12.6. The third-order valence-corrected chi connectivity index (χ3v) is 5.35. The molecule has 2 saturated carbocycles. The number of hydrogen-bond acceptors (Lipinski definition) is 1. The molecule has 1 N–H and O–H groups in total. The van der Waals surface area contributed by atoms with E-state index in [1.807, 2.05) is 19.2 Å². The van der Waals surface area contributed by atoms with Crippen LogP contribution < -0.4 is 5.32 Å². The van der Waals surface area contributed by atoms with Crippen LogP contribution in [0.4, 0.5) is 4.39 Å². The minimum Gasteiger partial charge on any atom is -0.313 e. The largest absolute Gasteiger partial charge is 0.313 e. The molecule has 0 radical (unpaired) electrons. The summed E-state index contributed by atoms with van der Waals surface area (Å²) in [4.78, 5) is 0. The Labute approximate surface area is 116 Å². The van der Waals surface area contributed by atoms with E-state index in [-0.39, 0.29) is 11.9 Å². The second-order valence-electron chi connectivity index (χ2n) is 5.60. The molecule has 0 heterocycles.